The molecule has 0 atom stereocenters. The topological polar surface area (TPSA) is 30.7 Å². The molecular weight excluding hydrogens is 326 g/mol. The van der Waals surface area contributed by atoms with Gasteiger partial charge in [-0.25, -0.2) is 9.67 Å². The molecule has 3 aromatic rings. The van der Waals surface area contributed by atoms with Gasteiger partial charge < -0.3 is 0 Å². The van der Waals surface area contributed by atoms with Crippen molar-refractivity contribution in [2.45, 2.75) is 6.18 Å². The maximum Gasteiger partial charge on any atom is 0.417 e. The van der Waals surface area contributed by atoms with Crippen LogP contribution in [0.15, 0.2) is 36.7 Å². The van der Waals surface area contributed by atoms with Crippen molar-refractivity contribution >= 4 is 34.1 Å². The van der Waals surface area contributed by atoms with E-state index in [0.717, 1.165) is 17.6 Å². The van der Waals surface area contributed by atoms with Gasteiger partial charge in [0.05, 0.1) is 22.3 Å². The molecular formula is C13H6Cl2F3N3. The van der Waals surface area contributed by atoms with Gasteiger partial charge in [0, 0.05) is 16.6 Å². The molecule has 0 spiro atoms. The molecule has 0 N–H and O–H groups in total. The molecule has 2 aromatic heterocycles. The average Bonchev–Trinajstić information content (AvgIpc) is 2.80. The van der Waals surface area contributed by atoms with Crippen molar-refractivity contribution in [3.63, 3.8) is 0 Å². The number of aromatic nitrogens is 3. The molecule has 3 rings (SSSR count). The molecule has 108 valence electrons. The van der Waals surface area contributed by atoms with E-state index in [-0.39, 0.29) is 10.8 Å². The van der Waals surface area contributed by atoms with Gasteiger partial charge in [0.1, 0.15) is 0 Å². The molecule has 21 heavy (non-hydrogen) atoms. The Bertz CT molecular complexity index is 827. The molecule has 1 aromatic carbocycles. The lowest BCUT2D eigenvalue weighted by Gasteiger charge is -2.09. The Morgan fingerprint density at radius 3 is 2.48 bits per heavy atom. The Labute approximate surface area is 126 Å². The van der Waals surface area contributed by atoms with Crippen molar-refractivity contribution in [3.05, 3.63) is 52.3 Å². The summed E-state index contributed by atoms with van der Waals surface area (Å²) in [5.41, 5.74) is -0.260. The fourth-order valence-electron chi connectivity index (χ4n) is 1.91. The largest absolute Gasteiger partial charge is 0.417 e. The Morgan fingerprint density at radius 1 is 1.05 bits per heavy atom. The first-order valence-electron chi connectivity index (χ1n) is 5.72. The van der Waals surface area contributed by atoms with Crippen LogP contribution in [-0.4, -0.2) is 14.8 Å². The van der Waals surface area contributed by atoms with E-state index in [1.165, 1.54) is 10.9 Å². The number of hydrogen-bond donors (Lipinski definition) is 0. The van der Waals surface area contributed by atoms with E-state index in [9.17, 15) is 13.2 Å². The van der Waals surface area contributed by atoms with Gasteiger partial charge in [-0.15, -0.1) is 0 Å². The van der Waals surface area contributed by atoms with E-state index in [0.29, 0.717) is 10.5 Å². The van der Waals surface area contributed by atoms with Gasteiger partial charge in [-0.1, -0.05) is 23.2 Å². The highest BCUT2D eigenvalue weighted by molar-refractivity contribution is 6.32. The van der Waals surface area contributed by atoms with Crippen molar-refractivity contribution < 1.29 is 13.2 Å². The monoisotopic (exact) mass is 331 g/mol. The lowest BCUT2D eigenvalue weighted by molar-refractivity contribution is -0.137. The molecule has 2 heterocycles. The van der Waals surface area contributed by atoms with Gasteiger partial charge in [-0.2, -0.15) is 18.3 Å². The second kappa shape index (κ2) is 4.89. The van der Waals surface area contributed by atoms with E-state index < -0.39 is 11.7 Å². The van der Waals surface area contributed by atoms with Gasteiger partial charge in [0.25, 0.3) is 0 Å². The quantitative estimate of drug-likeness (QED) is 0.644. The number of rotatable bonds is 1. The van der Waals surface area contributed by atoms with Gasteiger partial charge in [0.2, 0.25) is 0 Å². The Kier molecular flexibility index (Phi) is 3.30. The third-order valence-corrected chi connectivity index (χ3v) is 3.39. The first-order chi connectivity index (χ1) is 9.86. The number of halogens is 5. The van der Waals surface area contributed by atoms with Crippen molar-refractivity contribution in [2.24, 2.45) is 0 Å². The molecule has 3 nitrogen and oxygen atoms in total. The zero-order chi connectivity index (χ0) is 15.2. The summed E-state index contributed by atoms with van der Waals surface area (Å²) in [5, 5.41) is 5.23. The SMILES string of the molecule is FC(F)(F)c1cnc(-n2ncc3cc(Cl)ccc32)c(Cl)c1. The van der Waals surface area contributed by atoms with Crippen LogP contribution in [0.3, 0.4) is 0 Å². The summed E-state index contributed by atoms with van der Waals surface area (Å²) in [7, 11) is 0. The Hall–Kier alpha value is -1.79. The average molecular weight is 332 g/mol. The summed E-state index contributed by atoms with van der Waals surface area (Å²) in [6.45, 7) is 0. The van der Waals surface area contributed by atoms with E-state index in [2.05, 4.69) is 10.1 Å². The van der Waals surface area contributed by atoms with Crippen LogP contribution in [0.4, 0.5) is 13.2 Å². The minimum atomic E-state index is -4.49. The molecule has 0 aliphatic carbocycles. The zero-order valence-corrected chi connectivity index (χ0v) is 11.7. The van der Waals surface area contributed by atoms with E-state index in [1.807, 2.05) is 0 Å². The normalized spacial score (nSPS) is 12.0. The summed E-state index contributed by atoms with van der Waals surface area (Å²) in [4.78, 5) is 3.78. The molecule has 0 saturated heterocycles. The van der Waals surface area contributed by atoms with Crippen LogP contribution in [0.25, 0.3) is 16.7 Å². The molecule has 0 fully saturated rings. The van der Waals surface area contributed by atoms with Gasteiger partial charge in [-0.3, -0.25) is 0 Å². The summed E-state index contributed by atoms with van der Waals surface area (Å²) in [5.74, 6) is 0.127. The lowest BCUT2D eigenvalue weighted by Crippen LogP contribution is -2.08. The Balaban J connectivity index is 2.15. The third-order valence-electron chi connectivity index (χ3n) is 2.88. The van der Waals surface area contributed by atoms with E-state index >= 15 is 0 Å². The summed E-state index contributed by atoms with van der Waals surface area (Å²) < 4.78 is 39.2. The number of benzene rings is 1. The second-order valence-corrected chi connectivity index (χ2v) is 5.13. The predicted molar refractivity (Wildman–Crippen MR) is 73.9 cm³/mol. The number of nitrogens with zero attached hydrogens (tertiary/aromatic N) is 3. The van der Waals surface area contributed by atoms with Crippen LogP contribution in [0.5, 0.6) is 0 Å². The smallest absolute Gasteiger partial charge is 0.235 e. The first-order valence-corrected chi connectivity index (χ1v) is 6.48. The summed E-state index contributed by atoms with van der Waals surface area (Å²) >= 11 is 11.8. The first kappa shape index (κ1) is 14.2. The number of hydrogen-bond acceptors (Lipinski definition) is 2. The molecule has 0 unspecified atom stereocenters. The van der Waals surface area contributed by atoms with Crippen LogP contribution in [-0.2, 0) is 6.18 Å². The number of pyridine rings is 1. The number of alkyl halides is 3. The standard InChI is InChI=1S/C13H6Cl2F3N3/c14-9-1-2-11-7(3-9)5-20-21(11)12-10(15)4-8(6-19-12)13(16,17)18/h1-6H. The van der Waals surface area contributed by atoms with Crippen molar-refractivity contribution in [2.75, 3.05) is 0 Å². The van der Waals surface area contributed by atoms with Gasteiger partial charge >= 0.3 is 6.18 Å². The lowest BCUT2D eigenvalue weighted by atomic mass is 10.2. The zero-order valence-electron chi connectivity index (χ0n) is 10.2. The predicted octanol–water partition coefficient (Wildman–Crippen LogP) is 4.75. The molecule has 0 saturated carbocycles. The van der Waals surface area contributed by atoms with Crippen LogP contribution >= 0.6 is 23.2 Å². The molecule has 8 heteroatoms. The van der Waals surface area contributed by atoms with Crippen LogP contribution in [0, 0.1) is 0 Å². The van der Waals surface area contributed by atoms with Gasteiger partial charge in [0.15, 0.2) is 5.82 Å². The minimum Gasteiger partial charge on any atom is -0.235 e. The molecule has 0 amide bonds. The molecule has 0 radical (unpaired) electrons. The third kappa shape index (κ3) is 2.56. The van der Waals surface area contributed by atoms with Crippen molar-refractivity contribution in [3.8, 4) is 5.82 Å². The van der Waals surface area contributed by atoms with Crippen LogP contribution in [0.1, 0.15) is 5.56 Å². The van der Waals surface area contributed by atoms with E-state index in [4.69, 9.17) is 23.2 Å². The van der Waals surface area contributed by atoms with Crippen LogP contribution in [0.2, 0.25) is 10.0 Å². The molecule has 0 bridgehead atoms. The van der Waals surface area contributed by atoms with Crippen molar-refractivity contribution in [1.82, 2.24) is 14.8 Å². The molecule has 0 aliphatic heterocycles. The Morgan fingerprint density at radius 2 is 1.81 bits per heavy atom. The maximum absolute atomic E-state index is 12.6. The molecule has 0 aliphatic rings. The fourth-order valence-corrected chi connectivity index (χ4v) is 2.34. The highest BCUT2D eigenvalue weighted by atomic mass is 35.5. The van der Waals surface area contributed by atoms with Crippen LogP contribution < -0.4 is 0 Å². The minimum absolute atomic E-state index is 0.127. The summed E-state index contributed by atoms with van der Waals surface area (Å²) in [6.07, 6.45) is -2.23. The second-order valence-electron chi connectivity index (χ2n) is 4.29. The van der Waals surface area contributed by atoms with E-state index in [1.54, 1.807) is 18.2 Å². The summed E-state index contributed by atoms with van der Waals surface area (Å²) in [6, 6.07) is 5.87. The van der Waals surface area contributed by atoms with Gasteiger partial charge in [-0.05, 0) is 24.3 Å². The maximum atomic E-state index is 12.6. The highest BCUT2D eigenvalue weighted by Gasteiger charge is 2.31. The fraction of sp³-hybridized carbons (Fsp3) is 0.0769. The highest BCUT2D eigenvalue weighted by Crippen LogP contribution is 2.32. The van der Waals surface area contributed by atoms with Crippen molar-refractivity contribution in [1.29, 1.82) is 0 Å². The number of fused-ring (bicyclic) bond motifs is 1.